The quantitative estimate of drug-likeness (QED) is 0.764. The summed E-state index contributed by atoms with van der Waals surface area (Å²) in [5, 5.41) is 5.02. The van der Waals surface area contributed by atoms with Gasteiger partial charge in [0.15, 0.2) is 0 Å². The van der Waals surface area contributed by atoms with Gasteiger partial charge in [0.2, 0.25) is 0 Å². The van der Waals surface area contributed by atoms with Gasteiger partial charge in [0.1, 0.15) is 5.01 Å². The summed E-state index contributed by atoms with van der Waals surface area (Å²) in [5.74, 6) is -0.163. The summed E-state index contributed by atoms with van der Waals surface area (Å²) in [7, 11) is 0. The van der Waals surface area contributed by atoms with Crippen molar-refractivity contribution in [2.75, 3.05) is 6.61 Å². The molecule has 0 aliphatic heterocycles. The lowest BCUT2D eigenvalue weighted by atomic mass is 10.2. The van der Waals surface area contributed by atoms with Crippen molar-refractivity contribution in [3.63, 3.8) is 0 Å². The Morgan fingerprint density at radius 3 is 3.00 bits per heavy atom. The molecule has 0 amide bonds. The number of carbonyl (C=O) groups is 1. The Morgan fingerprint density at radius 1 is 1.50 bits per heavy atom. The number of hydrogen-bond acceptors (Lipinski definition) is 5. The number of halogens is 1. The van der Waals surface area contributed by atoms with Gasteiger partial charge in [-0.3, -0.25) is 4.79 Å². The summed E-state index contributed by atoms with van der Waals surface area (Å²) in [6.45, 7) is 2.25. The first-order valence-electron chi connectivity index (χ1n) is 5.54. The SMILES string of the molecule is CCOC(=O)CCc1csc(-c2sccc2Br)n1. The van der Waals surface area contributed by atoms with Crippen LogP contribution < -0.4 is 0 Å². The van der Waals surface area contributed by atoms with Crippen molar-refractivity contribution in [1.29, 1.82) is 0 Å². The number of nitrogens with zero attached hydrogens (tertiary/aromatic N) is 1. The van der Waals surface area contributed by atoms with Crippen LogP contribution in [0.3, 0.4) is 0 Å². The van der Waals surface area contributed by atoms with Gasteiger partial charge in [-0.15, -0.1) is 22.7 Å². The maximum absolute atomic E-state index is 11.3. The van der Waals surface area contributed by atoms with Crippen LogP contribution in [-0.4, -0.2) is 17.6 Å². The zero-order chi connectivity index (χ0) is 13.0. The van der Waals surface area contributed by atoms with Crippen LogP contribution in [-0.2, 0) is 16.0 Å². The third kappa shape index (κ3) is 3.40. The lowest BCUT2D eigenvalue weighted by Crippen LogP contribution is -2.05. The van der Waals surface area contributed by atoms with Gasteiger partial charge in [0.05, 0.1) is 23.6 Å². The number of aromatic nitrogens is 1. The molecule has 0 radical (unpaired) electrons. The minimum Gasteiger partial charge on any atom is -0.466 e. The molecule has 2 aromatic heterocycles. The predicted octanol–water partition coefficient (Wildman–Crippen LogP) is 4.13. The van der Waals surface area contributed by atoms with Crippen LogP contribution in [0.2, 0.25) is 0 Å². The molecule has 0 bridgehead atoms. The van der Waals surface area contributed by atoms with Crippen LogP contribution >= 0.6 is 38.6 Å². The Bertz CT molecular complexity index is 536. The number of thiazole rings is 1. The highest BCUT2D eigenvalue weighted by atomic mass is 79.9. The first-order valence-corrected chi connectivity index (χ1v) is 8.09. The summed E-state index contributed by atoms with van der Waals surface area (Å²) in [6.07, 6.45) is 1.03. The van der Waals surface area contributed by atoms with Gasteiger partial charge in [0, 0.05) is 16.3 Å². The Labute approximate surface area is 122 Å². The number of ether oxygens (including phenoxy) is 1. The van der Waals surface area contributed by atoms with E-state index in [9.17, 15) is 4.79 Å². The topological polar surface area (TPSA) is 39.2 Å². The molecule has 2 heterocycles. The van der Waals surface area contributed by atoms with E-state index in [1.54, 1.807) is 22.7 Å². The van der Waals surface area contributed by atoms with Crippen molar-refractivity contribution in [3.05, 3.63) is 27.0 Å². The maximum Gasteiger partial charge on any atom is 0.306 e. The standard InChI is InChI=1S/C12H12BrNO2S2/c1-2-16-10(15)4-3-8-7-18-12(14-8)11-9(13)5-6-17-11/h5-7H,2-4H2,1H3. The number of aryl methyl sites for hydroxylation is 1. The average Bonchev–Trinajstić information content (AvgIpc) is 2.95. The van der Waals surface area contributed by atoms with E-state index in [4.69, 9.17) is 4.74 Å². The zero-order valence-electron chi connectivity index (χ0n) is 9.81. The Hall–Kier alpha value is -0.720. The van der Waals surface area contributed by atoms with Crippen LogP contribution in [0, 0.1) is 0 Å². The highest BCUT2D eigenvalue weighted by Gasteiger charge is 2.10. The van der Waals surface area contributed by atoms with E-state index in [2.05, 4.69) is 20.9 Å². The van der Waals surface area contributed by atoms with Gasteiger partial charge >= 0.3 is 5.97 Å². The fraction of sp³-hybridized carbons (Fsp3) is 0.333. The van der Waals surface area contributed by atoms with Crippen molar-refractivity contribution in [3.8, 4) is 9.88 Å². The third-order valence-electron chi connectivity index (χ3n) is 2.25. The minimum absolute atomic E-state index is 0.163. The van der Waals surface area contributed by atoms with Gasteiger partial charge < -0.3 is 4.74 Å². The van der Waals surface area contributed by atoms with Gasteiger partial charge in [0.25, 0.3) is 0 Å². The smallest absolute Gasteiger partial charge is 0.306 e. The second-order valence-electron chi connectivity index (χ2n) is 3.55. The monoisotopic (exact) mass is 345 g/mol. The van der Waals surface area contributed by atoms with Crippen LogP contribution in [0.25, 0.3) is 9.88 Å². The molecule has 0 N–H and O–H groups in total. The number of hydrogen-bond donors (Lipinski definition) is 0. The summed E-state index contributed by atoms with van der Waals surface area (Å²) < 4.78 is 5.96. The molecule has 0 spiro atoms. The van der Waals surface area contributed by atoms with Gasteiger partial charge in [-0.2, -0.15) is 0 Å². The van der Waals surface area contributed by atoms with Gasteiger partial charge in [-0.1, -0.05) is 0 Å². The number of rotatable bonds is 5. The molecular weight excluding hydrogens is 334 g/mol. The van der Waals surface area contributed by atoms with Crippen LogP contribution in [0.5, 0.6) is 0 Å². The van der Waals surface area contributed by atoms with Crippen molar-refractivity contribution in [2.45, 2.75) is 19.8 Å². The van der Waals surface area contributed by atoms with E-state index in [0.29, 0.717) is 19.4 Å². The Kier molecular flexibility index (Phi) is 4.91. The molecule has 0 saturated heterocycles. The lowest BCUT2D eigenvalue weighted by molar-refractivity contribution is -0.143. The van der Waals surface area contributed by atoms with E-state index in [1.165, 1.54) is 0 Å². The molecule has 0 aliphatic rings. The van der Waals surface area contributed by atoms with Crippen molar-refractivity contribution in [2.24, 2.45) is 0 Å². The molecule has 6 heteroatoms. The maximum atomic E-state index is 11.3. The highest BCUT2D eigenvalue weighted by molar-refractivity contribution is 9.10. The molecular formula is C12H12BrNO2S2. The predicted molar refractivity (Wildman–Crippen MR) is 78.1 cm³/mol. The molecule has 96 valence electrons. The largest absolute Gasteiger partial charge is 0.466 e. The summed E-state index contributed by atoms with van der Waals surface area (Å²) in [6, 6.07) is 2.01. The van der Waals surface area contributed by atoms with E-state index < -0.39 is 0 Å². The van der Waals surface area contributed by atoms with E-state index >= 15 is 0 Å². The van der Waals surface area contributed by atoms with Crippen molar-refractivity contribution in [1.82, 2.24) is 4.98 Å². The third-order valence-corrected chi connectivity index (χ3v) is 5.14. The summed E-state index contributed by atoms with van der Waals surface area (Å²) >= 11 is 6.76. The summed E-state index contributed by atoms with van der Waals surface area (Å²) in [5.41, 5.74) is 0.948. The average molecular weight is 346 g/mol. The number of esters is 1. The van der Waals surface area contributed by atoms with E-state index in [0.717, 1.165) is 20.1 Å². The molecule has 2 rings (SSSR count). The lowest BCUT2D eigenvalue weighted by Gasteiger charge is -1.99. The van der Waals surface area contributed by atoms with E-state index in [-0.39, 0.29) is 5.97 Å². The van der Waals surface area contributed by atoms with Crippen molar-refractivity contribution < 1.29 is 9.53 Å². The first-order chi connectivity index (χ1) is 8.70. The summed E-state index contributed by atoms with van der Waals surface area (Å²) in [4.78, 5) is 16.9. The number of carbonyl (C=O) groups excluding carboxylic acids is 1. The molecule has 18 heavy (non-hydrogen) atoms. The molecule has 3 nitrogen and oxygen atoms in total. The van der Waals surface area contributed by atoms with Crippen LogP contribution in [0.4, 0.5) is 0 Å². The molecule has 0 saturated carbocycles. The first kappa shape index (κ1) is 13.7. The molecule has 0 atom stereocenters. The van der Waals surface area contributed by atoms with E-state index in [1.807, 2.05) is 23.8 Å². The molecule has 0 aliphatic carbocycles. The second kappa shape index (κ2) is 6.45. The van der Waals surface area contributed by atoms with Crippen LogP contribution in [0.1, 0.15) is 19.0 Å². The zero-order valence-corrected chi connectivity index (χ0v) is 13.0. The Morgan fingerprint density at radius 2 is 2.33 bits per heavy atom. The van der Waals surface area contributed by atoms with Crippen LogP contribution in [0.15, 0.2) is 21.3 Å². The molecule has 0 aromatic carbocycles. The fourth-order valence-corrected chi connectivity index (χ4v) is 4.10. The highest BCUT2D eigenvalue weighted by Crippen LogP contribution is 2.35. The molecule has 2 aromatic rings. The normalized spacial score (nSPS) is 10.6. The van der Waals surface area contributed by atoms with Crippen molar-refractivity contribution >= 4 is 44.6 Å². The second-order valence-corrected chi connectivity index (χ2v) is 6.18. The van der Waals surface area contributed by atoms with Gasteiger partial charge in [-0.25, -0.2) is 4.98 Å². The van der Waals surface area contributed by atoms with Gasteiger partial charge in [-0.05, 0) is 34.3 Å². The molecule has 0 unspecified atom stereocenters. The fourth-order valence-electron chi connectivity index (χ4n) is 1.44. The molecule has 0 fully saturated rings. The minimum atomic E-state index is -0.163. The number of thiophene rings is 1. The Balaban J connectivity index is 1.99.